The van der Waals surface area contributed by atoms with E-state index in [-0.39, 0.29) is 11.9 Å². The maximum Gasteiger partial charge on any atom is 0.253 e. The standard InChI is InChI=1S/C20H19N3O/c1-15-7-9-16(10-8-15)13-19(18-6-2-3-12-22-18)23-20(24)17-5-4-11-21-14-17/h2-12,14,19H,13H2,1H3,(H,23,24)/t19-/m1/s1. The smallest absolute Gasteiger partial charge is 0.253 e. The van der Waals surface area contributed by atoms with Crippen LogP contribution in [-0.2, 0) is 6.42 Å². The van der Waals surface area contributed by atoms with E-state index in [9.17, 15) is 4.79 Å². The van der Waals surface area contributed by atoms with Crippen LogP contribution in [0.2, 0.25) is 0 Å². The van der Waals surface area contributed by atoms with Crippen LogP contribution in [0.1, 0.15) is 33.2 Å². The summed E-state index contributed by atoms with van der Waals surface area (Å²) in [7, 11) is 0. The third kappa shape index (κ3) is 4.04. The molecule has 0 unspecified atom stereocenters. The molecule has 0 radical (unpaired) electrons. The summed E-state index contributed by atoms with van der Waals surface area (Å²) in [6, 6.07) is 17.4. The molecule has 0 fully saturated rings. The van der Waals surface area contributed by atoms with E-state index in [1.165, 1.54) is 5.56 Å². The normalized spacial score (nSPS) is 11.7. The first-order valence-corrected chi connectivity index (χ1v) is 7.90. The van der Waals surface area contributed by atoms with Gasteiger partial charge >= 0.3 is 0 Å². The van der Waals surface area contributed by atoms with Crippen LogP contribution in [0.4, 0.5) is 0 Å². The van der Waals surface area contributed by atoms with Crippen molar-refractivity contribution in [3.8, 4) is 0 Å². The molecule has 0 aliphatic rings. The number of nitrogens with one attached hydrogen (secondary N) is 1. The van der Waals surface area contributed by atoms with Crippen molar-refractivity contribution in [2.75, 3.05) is 0 Å². The van der Waals surface area contributed by atoms with Crippen LogP contribution in [0.5, 0.6) is 0 Å². The Morgan fingerprint density at radius 1 is 1.04 bits per heavy atom. The van der Waals surface area contributed by atoms with Crippen molar-refractivity contribution in [3.63, 3.8) is 0 Å². The molecule has 1 atom stereocenters. The maximum atomic E-state index is 12.5. The molecule has 1 N–H and O–H groups in total. The number of carbonyl (C=O) groups is 1. The molecule has 120 valence electrons. The van der Waals surface area contributed by atoms with E-state index in [2.05, 4.69) is 46.5 Å². The Hall–Kier alpha value is -3.01. The van der Waals surface area contributed by atoms with Gasteiger partial charge in [0, 0.05) is 18.6 Å². The summed E-state index contributed by atoms with van der Waals surface area (Å²) in [4.78, 5) is 20.9. The van der Waals surface area contributed by atoms with Gasteiger partial charge in [-0.3, -0.25) is 14.8 Å². The molecule has 4 heteroatoms. The fourth-order valence-electron chi connectivity index (χ4n) is 2.51. The quantitative estimate of drug-likeness (QED) is 0.783. The number of hydrogen-bond acceptors (Lipinski definition) is 3. The predicted octanol–water partition coefficient (Wildman–Crippen LogP) is 3.50. The van der Waals surface area contributed by atoms with E-state index in [0.717, 1.165) is 11.3 Å². The van der Waals surface area contributed by atoms with Gasteiger partial charge in [-0.05, 0) is 43.2 Å². The Bertz CT molecular complexity index is 786. The Morgan fingerprint density at radius 3 is 2.54 bits per heavy atom. The van der Waals surface area contributed by atoms with Crippen LogP contribution in [-0.4, -0.2) is 15.9 Å². The first-order valence-electron chi connectivity index (χ1n) is 7.90. The molecule has 24 heavy (non-hydrogen) atoms. The minimum absolute atomic E-state index is 0.147. The zero-order valence-corrected chi connectivity index (χ0v) is 13.5. The summed E-state index contributed by atoms with van der Waals surface area (Å²) in [5.74, 6) is -0.147. The summed E-state index contributed by atoms with van der Waals surface area (Å²) < 4.78 is 0. The van der Waals surface area contributed by atoms with Crippen molar-refractivity contribution in [2.45, 2.75) is 19.4 Å². The monoisotopic (exact) mass is 317 g/mol. The van der Waals surface area contributed by atoms with Crippen molar-refractivity contribution in [1.82, 2.24) is 15.3 Å². The highest BCUT2D eigenvalue weighted by atomic mass is 16.1. The second-order valence-electron chi connectivity index (χ2n) is 5.71. The summed E-state index contributed by atoms with van der Waals surface area (Å²) in [6.45, 7) is 2.06. The second kappa shape index (κ2) is 7.51. The lowest BCUT2D eigenvalue weighted by Gasteiger charge is -2.18. The van der Waals surface area contributed by atoms with E-state index >= 15 is 0 Å². The summed E-state index contributed by atoms with van der Waals surface area (Å²) in [5.41, 5.74) is 3.76. The molecule has 0 spiro atoms. The Kier molecular flexibility index (Phi) is 4.96. The predicted molar refractivity (Wildman–Crippen MR) is 93.6 cm³/mol. The van der Waals surface area contributed by atoms with Crippen molar-refractivity contribution in [1.29, 1.82) is 0 Å². The van der Waals surface area contributed by atoms with Gasteiger partial charge in [-0.1, -0.05) is 35.9 Å². The maximum absolute atomic E-state index is 12.5. The van der Waals surface area contributed by atoms with E-state index < -0.39 is 0 Å². The first-order chi connectivity index (χ1) is 11.7. The van der Waals surface area contributed by atoms with Crippen molar-refractivity contribution < 1.29 is 4.79 Å². The van der Waals surface area contributed by atoms with E-state index in [4.69, 9.17) is 0 Å². The molecule has 4 nitrogen and oxygen atoms in total. The Balaban J connectivity index is 1.82. The number of nitrogens with zero attached hydrogens (tertiary/aromatic N) is 2. The lowest BCUT2D eigenvalue weighted by Crippen LogP contribution is -2.30. The number of aryl methyl sites for hydroxylation is 1. The number of hydrogen-bond donors (Lipinski definition) is 1. The van der Waals surface area contributed by atoms with Gasteiger partial charge in [0.2, 0.25) is 0 Å². The topological polar surface area (TPSA) is 54.9 Å². The van der Waals surface area contributed by atoms with Crippen LogP contribution in [0.15, 0.2) is 73.2 Å². The van der Waals surface area contributed by atoms with Gasteiger partial charge in [-0.25, -0.2) is 0 Å². The number of pyridine rings is 2. The van der Waals surface area contributed by atoms with E-state index in [1.807, 2.05) is 18.2 Å². The van der Waals surface area contributed by atoms with Crippen LogP contribution in [0.3, 0.4) is 0 Å². The summed E-state index contributed by atoms with van der Waals surface area (Å²) >= 11 is 0. The lowest BCUT2D eigenvalue weighted by molar-refractivity contribution is 0.0935. The van der Waals surface area contributed by atoms with Gasteiger partial charge in [-0.15, -0.1) is 0 Å². The summed E-state index contributed by atoms with van der Waals surface area (Å²) in [6.07, 6.45) is 5.65. The van der Waals surface area contributed by atoms with Crippen molar-refractivity contribution in [2.24, 2.45) is 0 Å². The fourth-order valence-corrected chi connectivity index (χ4v) is 2.51. The van der Waals surface area contributed by atoms with Gasteiger partial charge in [0.15, 0.2) is 0 Å². The Labute approximate surface area is 141 Å². The highest BCUT2D eigenvalue weighted by Gasteiger charge is 2.17. The molecule has 1 aromatic carbocycles. The second-order valence-corrected chi connectivity index (χ2v) is 5.71. The molecule has 0 bridgehead atoms. The average Bonchev–Trinajstić information content (AvgIpc) is 2.64. The third-order valence-electron chi connectivity index (χ3n) is 3.83. The molecule has 1 amide bonds. The Morgan fingerprint density at radius 2 is 1.88 bits per heavy atom. The zero-order chi connectivity index (χ0) is 16.8. The molecular formula is C20H19N3O. The van der Waals surface area contributed by atoms with Crippen LogP contribution < -0.4 is 5.32 Å². The molecule has 0 saturated carbocycles. The highest BCUT2D eigenvalue weighted by molar-refractivity contribution is 5.94. The molecule has 0 saturated heterocycles. The lowest BCUT2D eigenvalue weighted by atomic mass is 10.0. The molecule has 0 aliphatic heterocycles. The largest absolute Gasteiger partial charge is 0.343 e. The SMILES string of the molecule is Cc1ccc(C[C@@H](NC(=O)c2cccnc2)c2ccccn2)cc1. The molecule has 2 heterocycles. The highest BCUT2D eigenvalue weighted by Crippen LogP contribution is 2.18. The van der Waals surface area contributed by atoms with Gasteiger partial charge in [0.05, 0.1) is 17.3 Å². The minimum atomic E-state index is -0.193. The molecule has 2 aromatic heterocycles. The number of aromatic nitrogens is 2. The molecule has 3 aromatic rings. The number of rotatable bonds is 5. The molecule has 3 rings (SSSR count). The van der Waals surface area contributed by atoms with Crippen LogP contribution >= 0.6 is 0 Å². The van der Waals surface area contributed by atoms with E-state index in [1.54, 1.807) is 30.7 Å². The number of benzene rings is 1. The van der Waals surface area contributed by atoms with Crippen LogP contribution in [0.25, 0.3) is 0 Å². The average molecular weight is 317 g/mol. The minimum Gasteiger partial charge on any atom is -0.343 e. The number of amides is 1. The van der Waals surface area contributed by atoms with Crippen molar-refractivity contribution >= 4 is 5.91 Å². The van der Waals surface area contributed by atoms with E-state index in [0.29, 0.717) is 12.0 Å². The van der Waals surface area contributed by atoms with Gasteiger partial charge in [0.1, 0.15) is 0 Å². The summed E-state index contributed by atoms with van der Waals surface area (Å²) in [5, 5.41) is 3.07. The molecule has 0 aliphatic carbocycles. The van der Waals surface area contributed by atoms with Gasteiger partial charge < -0.3 is 5.32 Å². The third-order valence-corrected chi connectivity index (χ3v) is 3.83. The first kappa shape index (κ1) is 15.9. The fraction of sp³-hybridized carbons (Fsp3) is 0.150. The van der Waals surface area contributed by atoms with Gasteiger partial charge in [-0.2, -0.15) is 0 Å². The van der Waals surface area contributed by atoms with Crippen molar-refractivity contribution in [3.05, 3.63) is 95.6 Å². The molecular weight excluding hydrogens is 298 g/mol. The number of carbonyl (C=O) groups excluding carboxylic acids is 1. The zero-order valence-electron chi connectivity index (χ0n) is 13.5. The van der Waals surface area contributed by atoms with Crippen LogP contribution in [0, 0.1) is 6.92 Å². The van der Waals surface area contributed by atoms with Gasteiger partial charge in [0.25, 0.3) is 5.91 Å².